The van der Waals surface area contributed by atoms with E-state index in [4.69, 9.17) is 9.47 Å². The second-order valence-electron chi connectivity index (χ2n) is 6.84. The summed E-state index contributed by atoms with van der Waals surface area (Å²) in [6, 6.07) is 5.28. The molecule has 0 bridgehead atoms. The van der Waals surface area contributed by atoms with Gasteiger partial charge in [-0.25, -0.2) is 13.6 Å². The van der Waals surface area contributed by atoms with Crippen LogP contribution in [0, 0.1) is 0 Å². The maximum Gasteiger partial charge on any atom is 0.407 e. The van der Waals surface area contributed by atoms with Crippen LogP contribution in [-0.2, 0) is 22.6 Å². The van der Waals surface area contributed by atoms with Crippen LogP contribution in [-0.4, -0.2) is 24.7 Å². The zero-order valence-electron chi connectivity index (χ0n) is 13.9. The van der Waals surface area contributed by atoms with E-state index in [0.29, 0.717) is 17.7 Å². The Labute approximate surface area is 135 Å². The molecule has 128 valence electrons. The van der Waals surface area contributed by atoms with Gasteiger partial charge in [-0.3, -0.25) is 0 Å². The van der Waals surface area contributed by atoms with Gasteiger partial charge in [0, 0.05) is 20.1 Å². The number of carbonyl (C=O) groups excluding carboxylic acids is 1. The number of hydrogen-bond acceptors (Lipinski definition) is 3. The molecule has 1 aliphatic carbocycles. The number of halogens is 2. The largest absolute Gasteiger partial charge is 0.444 e. The van der Waals surface area contributed by atoms with Crippen molar-refractivity contribution in [3.8, 4) is 0 Å². The molecule has 0 aliphatic heterocycles. The predicted molar refractivity (Wildman–Crippen MR) is 82.5 cm³/mol. The number of rotatable bonds is 5. The zero-order valence-corrected chi connectivity index (χ0v) is 13.9. The molecule has 1 saturated carbocycles. The lowest BCUT2D eigenvalue weighted by molar-refractivity contribution is 0.0523. The molecular formula is C17H23F2NO3. The van der Waals surface area contributed by atoms with E-state index in [1.54, 1.807) is 46.1 Å². The minimum absolute atomic E-state index is 0.143. The van der Waals surface area contributed by atoms with E-state index in [1.807, 2.05) is 0 Å². The van der Waals surface area contributed by atoms with E-state index in [-0.39, 0.29) is 13.0 Å². The summed E-state index contributed by atoms with van der Waals surface area (Å²) in [4.78, 5) is 11.8. The third-order valence-corrected chi connectivity index (χ3v) is 3.54. The summed E-state index contributed by atoms with van der Waals surface area (Å²) in [5, 5.41) is 2.63. The molecule has 1 amide bonds. The molecule has 1 atom stereocenters. The monoisotopic (exact) mass is 327 g/mol. The smallest absolute Gasteiger partial charge is 0.407 e. The van der Waals surface area contributed by atoms with E-state index in [2.05, 4.69) is 5.32 Å². The maximum absolute atomic E-state index is 13.4. The van der Waals surface area contributed by atoms with Gasteiger partial charge in [0.05, 0.1) is 12.5 Å². The van der Waals surface area contributed by atoms with Gasteiger partial charge in [-0.1, -0.05) is 18.2 Å². The summed E-state index contributed by atoms with van der Waals surface area (Å²) in [6.07, 6.45) is -0.709. The van der Waals surface area contributed by atoms with Gasteiger partial charge in [0.15, 0.2) is 0 Å². The summed E-state index contributed by atoms with van der Waals surface area (Å²) in [7, 11) is 1.57. The Morgan fingerprint density at radius 2 is 2.04 bits per heavy atom. The van der Waals surface area contributed by atoms with E-state index < -0.39 is 23.5 Å². The van der Waals surface area contributed by atoms with Gasteiger partial charge in [-0.2, -0.15) is 0 Å². The van der Waals surface area contributed by atoms with Crippen LogP contribution in [0.3, 0.4) is 0 Å². The highest BCUT2D eigenvalue weighted by molar-refractivity contribution is 5.67. The average Bonchev–Trinajstić information content (AvgIpc) is 3.04. The number of methoxy groups -OCH3 is 1. The van der Waals surface area contributed by atoms with Crippen LogP contribution in [0.1, 0.15) is 49.8 Å². The predicted octanol–water partition coefficient (Wildman–Crippen LogP) is 3.98. The van der Waals surface area contributed by atoms with Gasteiger partial charge in [0.25, 0.3) is 5.92 Å². The Morgan fingerprint density at radius 3 is 2.57 bits per heavy atom. The second kappa shape index (κ2) is 6.43. The lowest BCUT2D eigenvalue weighted by Crippen LogP contribution is -2.32. The van der Waals surface area contributed by atoms with E-state index in [9.17, 15) is 13.6 Å². The molecule has 0 aromatic heterocycles. The Balaban J connectivity index is 2.11. The highest BCUT2D eigenvalue weighted by Gasteiger charge is 2.58. The van der Waals surface area contributed by atoms with Gasteiger partial charge >= 0.3 is 6.09 Å². The van der Waals surface area contributed by atoms with Gasteiger partial charge in [-0.05, 0) is 37.5 Å². The van der Waals surface area contributed by atoms with Gasteiger partial charge in [0.1, 0.15) is 5.60 Å². The molecular weight excluding hydrogens is 304 g/mol. The SMILES string of the molecule is COCc1ccc(C2CC2(F)F)c(CNC(=O)OC(C)(C)C)c1. The molecule has 4 nitrogen and oxygen atoms in total. The number of amides is 1. The van der Waals surface area contributed by atoms with Crippen molar-refractivity contribution >= 4 is 6.09 Å². The van der Waals surface area contributed by atoms with Crippen molar-refractivity contribution in [2.45, 2.75) is 57.8 Å². The van der Waals surface area contributed by atoms with Crippen molar-refractivity contribution in [2.24, 2.45) is 0 Å². The number of hydrogen-bond donors (Lipinski definition) is 1. The first-order valence-electron chi connectivity index (χ1n) is 7.58. The van der Waals surface area contributed by atoms with Crippen molar-refractivity contribution in [3.05, 3.63) is 34.9 Å². The first kappa shape index (κ1) is 17.7. The Morgan fingerprint density at radius 1 is 1.39 bits per heavy atom. The van der Waals surface area contributed by atoms with Crippen LogP contribution in [0.5, 0.6) is 0 Å². The van der Waals surface area contributed by atoms with Crippen molar-refractivity contribution in [2.75, 3.05) is 7.11 Å². The summed E-state index contributed by atoms with van der Waals surface area (Å²) < 4.78 is 37.0. The van der Waals surface area contributed by atoms with Crippen LogP contribution >= 0.6 is 0 Å². The molecule has 1 aromatic rings. The molecule has 0 heterocycles. The molecule has 1 fully saturated rings. The lowest BCUT2D eigenvalue weighted by atomic mass is 10.00. The fourth-order valence-corrected chi connectivity index (χ4v) is 2.44. The molecule has 1 aromatic carbocycles. The fourth-order valence-electron chi connectivity index (χ4n) is 2.44. The van der Waals surface area contributed by atoms with Crippen LogP contribution in [0.4, 0.5) is 13.6 Å². The van der Waals surface area contributed by atoms with Crippen LogP contribution < -0.4 is 5.32 Å². The summed E-state index contributed by atoms with van der Waals surface area (Å²) in [5.74, 6) is -3.42. The zero-order chi connectivity index (χ0) is 17.3. The van der Waals surface area contributed by atoms with Crippen LogP contribution in [0.2, 0.25) is 0 Å². The molecule has 1 aliphatic rings. The number of alkyl carbamates (subject to hydrolysis) is 1. The number of nitrogens with one attached hydrogen (secondary N) is 1. The third-order valence-electron chi connectivity index (χ3n) is 3.54. The lowest BCUT2D eigenvalue weighted by Gasteiger charge is -2.20. The van der Waals surface area contributed by atoms with Gasteiger partial charge in [0.2, 0.25) is 0 Å². The number of alkyl halides is 2. The average molecular weight is 327 g/mol. The molecule has 0 spiro atoms. The highest BCUT2D eigenvalue weighted by Crippen LogP contribution is 2.56. The van der Waals surface area contributed by atoms with E-state index in [1.165, 1.54) is 0 Å². The van der Waals surface area contributed by atoms with Crippen molar-refractivity contribution in [3.63, 3.8) is 0 Å². The molecule has 23 heavy (non-hydrogen) atoms. The van der Waals surface area contributed by atoms with Crippen molar-refractivity contribution in [1.82, 2.24) is 5.32 Å². The quantitative estimate of drug-likeness (QED) is 0.890. The summed E-state index contributed by atoms with van der Waals surface area (Å²) >= 11 is 0. The van der Waals surface area contributed by atoms with Gasteiger partial charge in [-0.15, -0.1) is 0 Å². The normalized spacial score (nSPS) is 19.3. The van der Waals surface area contributed by atoms with E-state index in [0.717, 1.165) is 5.56 Å². The second-order valence-corrected chi connectivity index (χ2v) is 6.84. The fraction of sp³-hybridized carbons (Fsp3) is 0.588. The molecule has 1 N–H and O–H groups in total. The summed E-state index contributed by atoms with van der Waals surface area (Å²) in [5.41, 5.74) is 1.52. The Kier molecular flexibility index (Phi) is 4.94. The minimum atomic E-state index is -2.65. The van der Waals surface area contributed by atoms with Crippen molar-refractivity contribution in [1.29, 1.82) is 0 Å². The number of benzene rings is 1. The number of ether oxygens (including phenoxy) is 2. The molecule has 6 heteroatoms. The van der Waals surface area contributed by atoms with E-state index >= 15 is 0 Å². The first-order chi connectivity index (χ1) is 10.6. The molecule has 1 unspecified atom stereocenters. The number of carbonyl (C=O) groups is 1. The van der Waals surface area contributed by atoms with Crippen molar-refractivity contribution < 1.29 is 23.0 Å². The first-order valence-corrected chi connectivity index (χ1v) is 7.58. The highest BCUT2D eigenvalue weighted by atomic mass is 19.3. The van der Waals surface area contributed by atoms with Crippen LogP contribution in [0.25, 0.3) is 0 Å². The Bertz CT molecular complexity index is 582. The molecule has 0 saturated heterocycles. The topological polar surface area (TPSA) is 47.6 Å². The maximum atomic E-state index is 13.4. The van der Waals surface area contributed by atoms with Gasteiger partial charge < -0.3 is 14.8 Å². The molecule has 2 rings (SSSR count). The third kappa shape index (κ3) is 4.89. The minimum Gasteiger partial charge on any atom is -0.444 e. The van der Waals surface area contributed by atoms with Crippen LogP contribution in [0.15, 0.2) is 18.2 Å². The summed E-state index contributed by atoms with van der Waals surface area (Å²) in [6.45, 7) is 5.83. The standard InChI is InChI=1S/C17H23F2NO3/c1-16(2,3)23-15(21)20-9-12-7-11(10-22-4)5-6-13(12)14-8-17(14,18)19/h5-7,14H,8-10H2,1-4H3,(H,20,21). The Hall–Kier alpha value is -1.69. The molecule has 0 radical (unpaired) electrons.